The minimum atomic E-state index is -3.33. The molecule has 4 nitrogen and oxygen atoms in total. The van der Waals surface area contributed by atoms with E-state index >= 15 is 0 Å². The van der Waals surface area contributed by atoms with Crippen LogP contribution in [0.5, 0.6) is 5.75 Å². The maximum absolute atomic E-state index is 10.7. The van der Waals surface area contributed by atoms with Crippen LogP contribution in [0.2, 0.25) is 0 Å². The third-order valence-corrected chi connectivity index (χ3v) is 2.91. The van der Waals surface area contributed by atoms with Crippen molar-refractivity contribution in [1.82, 2.24) is 0 Å². The van der Waals surface area contributed by atoms with Crippen molar-refractivity contribution in [2.45, 2.75) is 12.8 Å². The zero-order valence-corrected chi connectivity index (χ0v) is 9.46. The highest BCUT2D eigenvalue weighted by Crippen LogP contribution is 2.12. The fraction of sp³-hybridized carbons (Fsp3) is 0.400. The molecule has 0 heterocycles. The van der Waals surface area contributed by atoms with Gasteiger partial charge in [-0.2, -0.15) is 0 Å². The van der Waals surface area contributed by atoms with E-state index in [4.69, 9.17) is 9.88 Å². The Kier molecular flexibility index (Phi) is 4.11. The van der Waals surface area contributed by atoms with Crippen LogP contribution >= 0.6 is 0 Å². The predicted molar refractivity (Wildman–Crippen MR) is 59.3 cm³/mol. The van der Waals surface area contributed by atoms with Crippen molar-refractivity contribution >= 4 is 10.0 Å². The Morgan fingerprint density at radius 3 is 2.33 bits per heavy atom. The molecule has 0 aliphatic heterocycles. The van der Waals surface area contributed by atoms with Gasteiger partial charge in [0.2, 0.25) is 10.0 Å². The van der Waals surface area contributed by atoms with Gasteiger partial charge in [0.1, 0.15) is 5.75 Å². The van der Waals surface area contributed by atoms with Crippen molar-refractivity contribution in [3.05, 3.63) is 29.8 Å². The van der Waals surface area contributed by atoms with Gasteiger partial charge in [-0.3, -0.25) is 0 Å². The predicted octanol–water partition coefficient (Wildman–Crippen LogP) is 0.916. The molecule has 0 saturated heterocycles. The second-order valence-electron chi connectivity index (χ2n) is 3.32. The van der Waals surface area contributed by atoms with Gasteiger partial charge in [-0.25, -0.2) is 13.6 Å². The first kappa shape index (κ1) is 12.0. The minimum absolute atomic E-state index is 0.0268. The molecule has 0 fully saturated rings. The molecule has 0 saturated carbocycles. The Hall–Kier alpha value is -1.07. The normalized spacial score (nSPS) is 11.3. The summed E-state index contributed by atoms with van der Waals surface area (Å²) in [5.74, 6) is 0.823. The molecule has 0 atom stereocenters. The van der Waals surface area contributed by atoms with Gasteiger partial charge in [-0.15, -0.1) is 0 Å². The highest BCUT2D eigenvalue weighted by Gasteiger charge is 2.02. The lowest BCUT2D eigenvalue weighted by molar-refractivity contribution is 0.414. The van der Waals surface area contributed by atoms with Crippen LogP contribution in [0, 0.1) is 0 Å². The number of ether oxygens (including phenoxy) is 1. The second-order valence-corrected chi connectivity index (χ2v) is 5.05. The van der Waals surface area contributed by atoms with Crippen molar-refractivity contribution in [3.8, 4) is 5.75 Å². The summed E-state index contributed by atoms with van der Waals surface area (Å²) in [5, 5.41) is 4.90. The van der Waals surface area contributed by atoms with E-state index in [9.17, 15) is 8.42 Å². The van der Waals surface area contributed by atoms with E-state index in [1.807, 2.05) is 24.3 Å². The molecule has 15 heavy (non-hydrogen) atoms. The first-order valence-corrected chi connectivity index (χ1v) is 6.36. The fourth-order valence-corrected chi connectivity index (χ4v) is 1.82. The molecule has 0 aromatic heterocycles. The summed E-state index contributed by atoms with van der Waals surface area (Å²) in [6.45, 7) is 0. The lowest BCUT2D eigenvalue weighted by Gasteiger charge is -2.02. The summed E-state index contributed by atoms with van der Waals surface area (Å²) >= 11 is 0. The SMILES string of the molecule is COc1ccc(CCCS(N)(=O)=O)cc1. The Morgan fingerprint density at radius 2 is 1.87 bits per heavy atom. The van der Waals surface area contributed by atoms with Crippen LogP contribution in [0.4, 0.5) is 0 Å². The maximum atomic E-state index is 10.7. The molecule has 1 aromatic carbocycles. The van der Waals surface area contributed by atoms with Crippen LogP contribution in [0.1, 0.15) is 12.0 Å². The number of sulfonamides is 1. The van der Waals surface area contributed by atoms with Gasteiger partial charge in [0.05, 0.1) is 12.9 Å². The molecule has 0 aliphatic rings. The van der Waals surface area contributed by atoms with Crippen molar-refractivity contribution in [1.29, 1.82) is 0 Å². The Labute approximate surface area is 90.1 Å². The zero-order valence-electron chi connectivity index (χ0n) is 8.64. The van der Waals surface area contributed by atoms with Crippen LogP contribution in [-0.4, -0.2) is 21.3 Å². The highest BCUT2D eigenvalue weighted by atomic mass is 32.2. The van der Waals surface area contributed by atoms with Crippen LogP contribution in [0.25, 0.3) is 0 Å². The molecule has 5 heteroatoms. The molecular formula is C10H15NO3S. The molecule has 0 amide bonds. The molecule has 2 N–H and O–H groups in total. The number of primary sulfonamides is 1. The number of nitrogens with two attached hydrogens (primary N) is 1. The van der Waals surface area contributed by atoms with E-state index in [0.29, 0.717) is 12.8 Å². The first-order chi connectivity index (χ1) is 7.01. The van der Waals surface area contributed by atoms with Crippen LogP contribution in [-0.2, 0) is 16.4 Å². The highest BCUT2D eigenvalue weighted by molar-refractivity contribution is 7.89. The molecular weight excluding hydrogens is 214 g/mol. The third-order valence-electron chi connectivity index (χ3n) is 2.05. The van der Waals surface area contributed by atoms with E-state index in [0.717, 1.165) is 11.3 Å². The van der Waals surface area contributed by atoms with E-state index in [-0.39, 0.29) is 5.75 Å². The van der Waals surface area contributed by atoms with E-state index in [2.05, 4.69) is 0 Å². The van der Waals surface area contributed by atoms with Gasteiger partial charge < -0.3 is 4.74 Å². The smallest absolute Gasteiger partial charge is 0.209 e. The largest absolute Gasteiger partial charge is 0.497 e. The summed E-state index contributed by atoms with van der Waals surface area (Å²) in [5.41, 5.74) is 1.08. The number of methoxy groups -OCH3 is 1. The summed E-state index contributed by atoms with van der Waals surface area (Å²) in [6, 6.07) is 7.54. The van der Waals surface area contributed by atoms with E-state index < -0.39 is 10.0 Å². The molecule has 0 spiro atoms. The number of hydrogen-bond donors (Lipinski definition) is 1. The molecule has 0 bridgehead atoms. The average molecular weight is 229 g/mol. The monoisotopic (exact) mass is 229 g/mol. The number of hydrogen-bond acceptors (Lipinski definition) is 3. The number of aryl methyl sites for hydroxylation is 1. The topological polar surface area (TPSA) is 69.4 Å². The van der Waals surface area contributed by atoms with Crippen molar-refractivity contribution in [2.75, 3.05) is 12.9 Å². The lowest BCUT2D eigenvalue weighted by atomic mass is 10.1. The van der Waals surface area contributed by atoms with Gasteiger partial charge in [-0.05, 0) is 30.5 Å². The average Bonchev–Trinajstić information content (AvgIpc) is 2.17. The molecule has 84 valence electrons. The standard InChI is InChI=1S/C10H15NO3S/c1-14-10-6-4-9(5-7-10)3-2-8-15(11,12)13/h4-7H,2-3,8H2,1H3,(H2,11,12,13). The lowest BCUT2D eigenvalue weighted by Crippen LogP contribution is -2.16. The van der Waals surface area contributed by atoms with Crippen LogP contribution < -0.4 is 9.88 Å². The summed E-state index contributed by atoms with van der Waals surface area (Å²) in [7, 11) is -1.72. The number of rotatable bonds is 5. The molecule has 1 aromatic rings. The van der Waals surface area contributed by atoms with Gasteiger partial charge in [0.15, 0.2) is 0 Å². The Bertz CT molecular complexity index is 397. The van der Waals surface area contributed by atoms with E-state index in [1.165, 1.54) is 0 Å². The second kappa shape index (κ2) is 5.14. The van der Waals surface area contributed by atoms with Gasteiger partial charge >= 0.3 is 0 Å². The third kappa shape index (κ3) is 4.80. The van der Waals surface area contributed by atoms with Crippen LogP contribution in [0.3, 0.4) is 0 Å². The Balaban J connectivity index is 2.45. The minimum Gasteiger partial charge on any atom is -0.497 e. The van der Waals surface area contributed by atoms with Gasteiger partial charge in [0, 0.05) is 0 Å². The molecule has 0 aliphatic carbocycles. The van der Waals surface area contributed by atoms with Crippen LogP contribution in [0.15, 0.2) is 24.3 Å². The molecule has 0 unspecified atom stereocenters. The maximum Gasteiger partial charge on any atom is 0.209 e. The molecule has 1 rings (SSSR count). The quantitative estimate of drug-likeness (QED) is 0.816. The van der Waals surface area contributed by atoms with Crippen molar-refractivity contribution in [2.24, 2.45) is 5.14 Å². The summed E-state index contributed by atoms with van der Waals surface area (Å²) < 4.78 is 26.4. The number of benzene rings is 1. The summed E-state index contributed by atoms with van der Waals surface area (Å²) in [4.78, 5) is 0. The van der Waals surface area contributed by atoms with E-state index in [1.54, 1.807) is 7.11 Å². The van der Waals surface area contributed by atoms with Gasteiger partial charge in [-0.1, -0.05) is 12.1 Å². The Morgan fingerprint density at radius 1 is 1.27 bits per heavy atom. The van der Waals surface area contributed by atoms with Gasteiger partial charge in [0.25, 0.3) is 0 Å². The van der Waals surface area contributed by atoms with Crippen molar-refractivity contribution < 1.29 is 13.2 Å². The fourth-order valence-electron chi connectivity index (χ4n) is 1.27. The van der Waals surface area contributed by atoms with Crippen molar-refractivity contribution in [3.63, 3.8) is 0 Å². The zero-order chi connectivity index (χ0) is 11.3. The molecule has 0 radical (unpaired) electrons. The first-order valence-electron chi connectivity index (χ1n) is 4.65. The summed E-state index contributed by atoms with van der Waals surface area (Å²) in [6.07, 6.45) is 1.26.